The van der Waals surface area contributed by atoms with E-state index >= 15 is 0 Å². The second kappa shape index (κ2) is 8.30. The topological polar surface area (TPSA) is 37.3 Å². The van der Waals surface area contributed by atoms with Gasteiger partial charge in [0.1, 0.15) is 0 Å². The van der Waals surface area contributed by atoms with Crippen LogP contribution in [0.3, 0.4) is 0 Å². The highest BCUT2D eigenvalue weighted by atomic mass is 32.1. The maximum absolute atomic E-state index is 10.9. The van der Waals surface area contributed by atoms with E-state index in [2.05, 4.69) is 42.5 Å². The number of rotatable bonds is 9. The Morgan fingerprint density at radius 3 is 2.30 bits per heavy atom. The van der Waals surface area contributed by atoms with Gasteiger partial charge in [-0.05, 0) is 55.2 Å². The Hall–Kier alpha value is -1.61. The zero-order valence-corrected chi connectivity index (χ0v) is 14.9. The summed E-state index contributed by atoms with van der Waals surface area (Å²) in [6.07, 6.45) is 5.56. The molecule has 2 nitrogen and oxygen atoms in total. The van der Waals surface area contributed by atoms with Crippen molar-refractivity contribution in [2.75, 3.05) is 0 Å². The van der Waals surface area contributed by atoms with Crippen LogP contribution in [0.5, 0.6) is 0 Å². The van der Waals surface area contributed by atoms with Crippen molar-refractivity contribution >= 4 is 17.3 Å². The molecule has 2 aromatic rings. The van der Waals surface area contributed by atoms with E-state index in [4.69, 9.17) is 5.11 Å². The fourth-order valence-electron chi connectivity index (χ4n) is 2.76. The fraction of sp³-hybridized carbons (Fsp3) is 0.450. The number of hydrogen-bond donors (Lipinski definition) is 1. The number of hydrogen-bond acceptors (Lipinski definition) is 2. The lowest BCUT2D eigenvalue weighted by Crippen LogP contribution is -2.17. The van der Waals surface area contributed by atoms with E-state index in [0.717, 1.165) is 25.7 Å². The highest BCUT2D eigenvalue weighted by Gasteiger charge is 2.21. The maximum Gasteiger partial charge on any atom is 0.303 e. The van der Waals surface area contributed by atoms with Crippen molar-refractivity contribution in [1.29, 1.82) is 0 Å². The zero-order valence-electron chi connectivity index (χ0n) is 14.0. The van der Waals surface area contributed by atoms with Gasteiger partial charge in [0, 0.05) is 9.75 Å². The van der Waals surface area contributed by atoms with Crippen LogP contribution in [-0.4, -0.2) is 11.1 Å². The van der Waals surface area contributed by atoms with Crippen molar-refractivity contribution in [3.63, 3.8) is 0 Å². The largest absolute Gasteiger partial charge is 0.481 e. The van der Waals surface area contributed by atoms with Gasteiger partial charge in [0.05, 0.1) is 6.42 Å². The third-order valence-electron chi connectivity index (χ3n) is 4.13. The molecule has 2 rings (SSSR count). The van der Waals surface area contributed by atoms with Gasteiger partial charge in [0.15, 0.2) is 0 Å². The number of carbonyl (C=O) groups is 1. The Bertz CT molecular complexity index is 614. The molecule has 0 unspecified atom stereocenters. The van der Waals surface area contributed by atoms with Crippen molar-refractivity contribution in [3.8, 4) is 0 Å². The standard InChI is InChI=1S/C20H26O2S/c1-20(2,15-19(21)22)14-13-18-12-11-17(23-18)10-6-9-16-7-4-3-5-8-16/h3-5,7-8,11-12H,6,9-10,13-15H2,1-2H3,(H,21,22). The first-order chi connectivity index (χ1) is 10.9. The lowest BCUT2D eigenvalue weighted by molar-refractivity contribution is -0.139. The van der Waals surface area contributed by atoms with E-state index in [9.17, 15) is 4.79 Å². The zero-order chi connectivity index (χ0) is 16.7. The minimum atomic E-state index is -0.706. The average molecular weight is 330 g/mol. The van der Waals surface area contributed by atoms with Crippen molar-refractivity contribution in [2.45, 2.75) is 52.4 Å². The summed E-state index contributed by atoms with van der Waals surface area (Å²) in [5, 5.41) is 8.94. The molecule has 1 aromatic carbocycles. The predicted octanol–water partition coefficient (Wildman–Crippen LogP) is 5.36. The molecule has 0 atom stereocenters. The molecule has 0 aliphatic rings. The van der Waals surface area contributed by atoms with Gasteiger partial charge in [-0.2, -0.15) is 0 Å². The van der Waals surface area contributed by atoms with Crippen LogP contribution < -0.4 is 0 Å². The van der Waals surface area contributed by atoms with E-state index in [1.165, 1.54) is 21.7 Å². The summed E-state index contributed by atoms with van der Waals surface area (Å²) < 4.78 is 0. The van der Waals surface area contributed by atoms with Crippen molar-refractivity contribution < 1.29 is 9.90 Å². The summed E-state index contributed by atoms with van der Waals surface area (Å²) in [6, 6.07) is 15.1. The van der Waals surface area contributed by atoms with Gasteiger partial charge in [0.2, 0.25) is 0 Å². The van der Waals surface area contributed by atoms with Gasteiger partial charge in [0.25, 0.3) is 0 Å². The third kappa shape index (κ3) is 6.57. The molecule has 0 saturated heterocycles. The average Bonchev–Trinajstić information content (AvgIpc) is 2.93. The number of carboxylic acid groups (broad SMARTS) is 1. The molecule has 0 bridgehead atoms. The highest BCUT2D eigenvalue weighted by molar-refractivity contribution is 7.11. The first kappa shape index (κ1) is 17.7. The van der Waals surface area contributed by atoms with E-state index in [0.29, 0.717) is 0 Å². The normalized spacial score (nSPS) is 11.6. The molecule has 0 spiro atoms. The number of thiophene rings is 1. The smallest absolute Gasteiger partial charge is 0.303 e. The molecule has 0 saturated carbocycles. The number of benzene rings is 1. The number of aliphatic carboxylic acids is 1. The Kier molecular flexibility index (Phi) is 6.40. The van der Waals surface area contributed by atoms with Gasteiger partial charge < -0.3 is 5.11 Å². The number of carboxylic acids is 1. The minimum absolute atomic E-state index is 0.136. The quantitative estimate of drug-likeness (QED) is 0.672. The summed E-state index contributed by atoms with van der Waals surface area (Å²) in [5.74, 6) is -0.706. The molecule has 23 heavy (non-hydrogen) atoms. The molecular weight excluding hydrogens is 304 g/mol. The summed E-state index contributed by atoms with van der Waals surface area (Å²) in [5.41, 5.74) is 1.27. The third-order valence-corrected chi connectivity index (χ3v) is 5.33. The molecular formula is C20H26O2S. The second-order valence-corrected chi connectivity index (χ2v) is 8.19. The van der Waals surface area contributed by atoms with Crippen molar-refractivity contribution in [3.05, 3.63) is 57.8 Å². The molecule has 124 valence electrons. The van der Waals surface area contributed by atoms with Crippen LogP contribution in [-0.2, 0) is 24.1 Å². The second-order valence-electron chi connectivity index (χ2n) is 6.94. The Labute approximate surface area is 143 Å². The van der Waals surface area contributed by atoms with Gasteiger partial charge in [-0.3, -0.25) is 4.79 Å². The SMILES string of the molecule is CC(C)(CCc1ccc(CCCc2ccccc2)s1)CC(=O)O. The monoisotopic (exact) mass is 330 g/mol. The maximum atomic E-state index is 10.9. The predicted molar refractivity (Wildman–Crippen MR) is 97.1 cm³/mol. The van der Waals surface area contributed by atoms with Crippen LogP contribution in [0.25, 0.3) is 0 Å². The van der Waals surface area contributed by atoms with E-state index in [1.54, 1.807) is 0 Å². The van der Waals surface area contributed by atoms with Crippen LogP contribution in [0.1, 0.15) is 48.4 Å². The van der Waals surface area contributed by atoms with E-state index < -0.39 is 5.97 Å². The molecule has 3 heteroatoms. The van der Waals surface area contributed by atoms with E-state index in [-0.39, 0.29) is 11.8 Å². The van der Waals surface area contributed by atoms with Crippen LogP contribution in [0.4, 0.5) is 0 Å². The molecule has 0 aliphatic heterocycles. The van der Waals surface area contributed by atoms with Gasteiger partial charge in [-0.25, -0.2) is 0 Å². The molecule has 1 aromatic heterocycles. The van der Waals surface area contributed by atoms with Crippen LogP contribution in [0.2, 0.25) is 0 Å². The number of aryl methyl sites for hydroxylation is 3. The summed E-state index contributed by atoms with van der Waals surface area (Å²) in [6.45, 7) is 4.07. The fourth-order valence-corrected chi connectivity index (χ4v) is 3.82. The molecule has 1 N–H and O–H groups in total. The lowest BCUT2D eigenvalue weighted by Gasteiger charge is -2.21. The summed E-state index contributed by atoms with van der Waals surface area (Å²) >= 11 is 1.88. The van der Waals surface area contributed by atoms with Crippen LogP contribution in [0.15, 0.2) is 42.5 Å². The minimum Gasteiger partial charge on any atom is -0.481 e. The summed E-state index contributed by atoms with van der Waals surface area (Å²) in [4.78, 5) is 13.7. The van der Waals surface area contributed by atoms with Crippen LogP contribution in [0, 0.1) is 5.41 Å². The Morgan fingerprint density at radius 1 is 1.00 bits per heavy atom. The Balaban J connectivity index is 1.76. The first-order valence-electron chi connectivity index (χ1n) is 8.28. The lowest BCUT2D eigenvalue weighted by atomic mass is 9.84. The van der Waals surface area contributed by atoms with Crippen LogP contribution >= 0.6 is 11.3 Å². The van der Waals surface area contributed by atoms with Gasteiger partial charge in [-0.1, -0.05) is 44.2 Å². The Morgan fingerprint density at radius 2 is 1.65 bits per heavy atom. The molecule has 0 fully saturated rings. The molecule has 0 radical (unpaired) electrons. The van der Waals surface area contributed by atoms with Crippen molar-refractivity contribution in [1.82, 2.24) is 0 Å². The van der Waals surface area contributed by atoms with E-state index in [1.807, 2.05) is 25.2 Å². The van der Waals surface area contributed by atoms with Gasteiger partial charge >= 0.3 is 5.97 Å². The molecule has 0 aliphatic carbocycles. The summed E-state index contributed by atoms with van der Waals surface area (Å²) in [7, 11) is 0. The van der Waals surface area contributed by atoms with Gasteiger partial charge in [-0.15, -0.1) is 11.3 Å². The highest BCUT2D eigenvalue weighted by Crippen LogP contribution is 2.29. The first-order valence-corrected chi connectivity index (χ1v) is 9.10. The molecule has 0 amide bonds. The van der Waals surface area contributed by atoms with Crippen molar-refractivity contribution in [2.24, 2.45) is 5.41 Å². The molecule has 1 heterocycles.